The van der Waals surface area contributed by atoms with E-state index in [1.54, 1.807) is 30.5 Å². The van der Waals surface area contributed by atoms with E-state index in [1.807, 2.05) is 0 Å². The molecule has 0 fully saturated rings. The first-order valence-electron chi connectivity index (χ1n) is 5.14. The predicted octanol–water partition coefficient (Wildman–Crippen LogP) is 4.58. The Morgan fingerprint density at radius 2 is 2.00 bits per heavy atom. The summed E-state index contributed by atoms with van der Waals surface area (Å²) in [6, 6.07) is 6.91. The molecule has 1 aromatic carbocycles. The van der Waals surface area contributed by atoms with Crippen molar-refractivity contribution in [2.24, 2.45) is 0 Å². The van der Waals surface area contributed by atoms with Crippen molar-refractivity contribution in [3.05, 3.63) is 62.3 Å². The average molecular weight is 345 g/mol. The molecular formula is C13H8BrCl2NO. The molecule has 0 atom stereocenters. The van der Waals surface area contributed by atoms with E-state index in [1.165, 1.54) is 6.20 Å². The van der Waals surface area contributed by atoms with Crippen LogP contribution >= 0.6 is 39.1 Å². The number of carbonyl (C=O) groups excluding carboxylic acids is 1. The molecule has 2 rings (SSSR count). The first kappa shape index (κ1) is 13.5. The van der Waals surface area contributed by atoms with E-state index in [4.69, 9.17) is 23.2 Å². The third-order valence-electron chi connectivity index (χ3n) is 2.44. The Labute approximate surface area is 123 Å². The van der Waals surface area contributed by atoms with Gasteiger partial charge in [-0.15, -0.1) is 0 Å². The quantitative estimate of drug-likeness (QED) is 0.763. The molecule has 92 valence electrons. The number of nitrogens with zero attached hydrogens (tertiary/aromatic N) is 1. The molecule has 18 heavy (non-hydrogen) atoms. The summed E-state index contributed by atoms with van der Waals surface area (Å²) in [6.07, 6.45) is 3.34. The van der Waals surface area contributed by atoms with Crippen molar-refractivity contribution in [2.45, 2.75) is 6.42 Å². The van der Waals surface area contributed by atoms with E-state index < -0.39 is 0 Å². The Hall–Kier alpha value is -0.900. The number of pyridine rings is 1. The molecule has 0 radical (unpaired) electrons. The summed E-state index contributed by atoms with van der Waals surface area (Å²) in [7, 11) is 0. The van der Waals surface area contributed by atoms with Crippen LogP contribution in [0.2, 0.25) is 10.0 Å². The van der Waals surface area contributed by atoms with E-state index in [9.17, 15) is 4.79 Å². The Balaban J connectivity index is 2.25. The van der Waals surface area contributed by atoms with Crippen LogP contribution in [-0.2, 0) is 6.42 Å². The van der Waals surface area contributed by atoms with Crippen molar-refractivity contribution < 1.29 is 4.79 Å². The Bertz CT molecular complexity index is 601. The number of ketones is 1. The molecule has 0 aliphatic rings. The second-order valence-corrected chi connectivity index (χ2v) is 5.42. The van der Waals surface area contributed by atoms with Gasteiger partial charge in [-0.1, -0.05) is 39.1 Å². The van der Waals surface area contributed by atoms with E-state index in [2.05, 4.69) is 20.9 Å². The number of benzene rings is 1. The number of rotatable bonds is 3. The molecule has 0 saturated carbocycles. The summed E-state index contributed by atoms with van der Waals surface area (Å²) >= 11 is 15.3. The van der Waals surface area contributed by atoms with Gasteiger partial charge in [0.05, 0.1) is 10.0 Å². The standard InChI is InChI=1S/C13H8BrCl2NO/c14-9-1-2-10(11(15)6-9)13(18)5-8-3-4-17-7-12(8)16/h1-4,6-7H,5H2. The monoisotopic (exact) mass is 343 g/mol. The van der Waals surface area contributed by atoms with Crippen LogP contribution in [0, 0.1) is 0 Å². The van der Waals surface area contributed by atoms with Crippen molar-refractivity contribution in [3.63, 3.8) is 0 Å². The summed E-state index contributed by atoms with van der Waals surface area (Å²) in [5, 5.41) is 0.915. The van der Waals surface area contributed by atoms with Crippen molar-refractivity contribution in [3.8, 4) is 0 Å². The lowest BCUT2D eigenvalue weighted by Gasteiger charge is -2.05. The number of Topliss-reactive ketones (excluding diaryl/α,β-unsaturated/α-hetero) is 1. The van der Waals surface area contributed by atoms with E-state index in [0.717, 1.165) is 10.0 Å². The fourth-order valence-corrected chi connectivity index (χ4v) is 2.50. The van der Waals surface area contributed by atoms with Gasteiger partial charge in [0.2, 0.25) is 0 Å². The maximum absolute atomic E-state index is 12.1. The second kappa shape index (κ2) is 5.83. The normalized spacial score (nSPS) is 10.4. The molecule has 0 saturated heterocycles. The highest BCUT2D eigenvalue weighted by Crippen LogP contribution is 2.24. The van der Waals surface area contributed by atoms with Gasteiger partial charge in [0.15, 0.2) is 5.78 Å². The lowest BCUT2D eigenvalue weighted by atomic mass is 10.0. The molecule has 2 nitrogen and oxygen atoms in total. The first-order chi connectivity index (χ1) is 8.58. The van der Waals surface area contributed by atoms with Gasteiger partial charge in [-0.05, 0) is 29.8 Å². The summed E-state index contributed by atoms with van der Waals surface area (Å²) in [5.74, 6) is -0.0689. The molecule has 0 N–H and O–H groups in total. The zero-order valence-corrected chi connectivity index (χ0v) is 12.3. The van der Waals surface area contributed by atoms with Crippen LogP contribution in [0.1, 0.15) is 15.9 Å². The van der Waals surface area contributed by atoms with E-state index in [0.29, 0.717) is 15.6 Å². The maximum Gasteiger partial charge on any atom is 0.168 e. The van der Waals surface area contributed by atoms with Crippen LogP contribution in [-0.4, -0.2) is 10.8 Å². The molecule has 0 aliphatic carbocycles. The van der Waals surface area contributed by atoms with Gasteiger partial charge in [0, 0.05) is 28.9 Å². The van der Waals surface area contributed by atoms with E-state index >= 15 is 0 Å². The van der Waals surface area contributed by atoms with Gasteiger partial charge in [0.1, 0.15) is 0 Å². The number of hydrogen-bond acceptors (Lipinski definition) is 2. The molecule has 2 aromatic rings. The van der Waals surface area contributed by atoms with Crippen molar-refractivity contribution in [2.75, 3.05) is 0 Å². The molecule has 0 amide bonds. The lowest BCUT2D eigenvalue weighted by Crippen LogP contribution is -2.05. The molecule has 0 unspecified atom stereocenters. The van der Waals surface area contributed by atoms with Crippen LogP contribution in [0.3, 0.4) is 0 Å². The number of aromatic nitrogens is 1. The van der Waals surface area contributed by atoms with Gasteiger partial charge >= 0.3 is 0 Å². The van der Waals surface area contributed by atoms with Crippen LogP contribution in [0.4, 0.5) is 0 Å². The highest BCUT2D eigenvalue weighted by molar-refractivity contribution is 9.10. The lowest BCUT2D eigenvalue weighted by molar-refractivity contribution is 0.0993. The van der Waals surface area contributed by atoms with Crippen LogP contribution in [0.25, 0.3) is 0 Å². The van der Waals surface area contributed by atoms with Gasteiger partial charge in [-0.25, -0.2) is 0 Å². The van der Waals surface area contributed by atoms with Gasteiger partial charge < -0.3 is 0 Å². The fourth-order valence-electron chi connectivity index (χ4n) is 1.53. The highest BCUT2D eigenvalue weighted by atomic mass is 79.9. The maximum atomic E-state index is 12.1. The SMILES string of the molecule is O=C(Cc1ccncc1Cl)c1ccc(Br)cc1Cl. The molecule has 1 aromatic heterocycles. The first-order valence-corrected chi connectivity index (χ1v) is 6.69. The van der Waals surface area contributed by atoms with Crippen LogP contribution in [0.5, 0.6) is 0 Å². The Kier molecular flexibility index (Phi) is 4.38. The molecule has 1 heterocycles. The predicted molar refractivity (Wildman–Crippen MR) is 76.4 cm³/mol. The summed E-state index contributed by atoms with van der Waals surface area (Å²) in [4.78, 5) is 16.0. The Morgan fingerprint density at radius 3 is 2.67 bits per heavy atom. The summed E-state index contributed by atoms with van der Waals surface area (Å²) in [5.41, 5.74) is 1.24. The van der Waals surface area contributed by atoms with E-state index in [-0.39, 0.29) is 12.2 Å². The molecule has 0 spiro atoms. The second-order valence-electron chi connectivity index (χ2n) is 3.69. The number of halogens is 3. The molecule has 0 bridgehead atoms. The van der Waals surface area contributed by atoms with Crippen LogP contribution < -0.4 is 0 Å². The van der Waals surface area contributed by atoms with Crippen molar-refractivity contribution >= 4 is 44.9 Å². The zero-order valence-electron chi connectivity index (χ0n) is 9.16. The van der Waals surface area contributed by atoms with Gasteiger partial charge in [-0.2, -0.15) is 0 Å². The smallest absolute Gasteiger partial charge is 0.168 e. The van der Waals surface area contributed by atoms with Crippen molar-refractivity contribution in [1.82, 2.24) is 4.98 Å². The minimum absolute atomic E-state index is 0.0689. The number of carbonyl (C=O) groups is 1. The minimum atomic E-state index is -0.0689. The van der Waals surface area contributed by atoms with Gasteiger partial charge in [0.25, 0.3) is 0 Å². The molecule has 5 heteroatoms. The summed E-state index contributed by atoms with van der Waals surface area (Å²) < 4.78 is 0.839. The highest BCUT2D eigenvalue weighted by Gasteiger charge is 2.13. The van der Waals surface area contributed by atoms with Crippen molar-refractivity contribution in [1.29, 1.82) is 0 Å². The van der Waals surface area contributed by atoms with Crippen LogP contribution in [0.15, 0.2) is 41.1 Å². The minimum Gasteiger partial charge on any atom is -0.294 e. The molecular weight excluding hydrogens is 337 g/mol. The average Bonchev–Trinajstić information content (AvgIpc) is 2.32. The Morgan fingerprint density at radius 1 is 1.22 bits per heavy atom. The van der Waals surface area contributed by atoms with Gasteiger partial charge in [-0.3, -0.25) is 9.78 Å². The fraction of sp³-hybridized carbons (Fsp3) is 0.0769. The zero-order chi connectivity index (χ0) is 13.1. The topological polar surface area (TPSA) is 30.0 Å². The largest absolute Gasteiger partial charge is 0.294 e. The third kappa shape index (κ3) is 3.10. The third-order valence-corrected chi connectivity index (χ3v) is 3.59. The molecule has 0 aliphatic heterocycles. The number of hydrogen-bond donors (Lipinski definition) is 0. The summed E-state index contributed by atoms with van der Waals surface area (Å²) in [6.45, 7) is 0.